The van der Waals surface area contributed by atoms with Crippen LogP contribution in [0.25, 0.3) is 5.69 Å². The second-order valence-corrected chi connectivity index (χ2v) is 4.24. The topological polar surface area (TPSA) is 48.0 Å². The summed E-state index contributed by atoms with van der Waals surface area (Å²) >= 11 is 5.83. The predicted octanol–water partition coefficient (Wildman–Crippen LogP) is 3.35. The number of hydrogen-bond donors (Lipinski definition) is 0. The molecule has 0 aliphatic heterocycles. The Morgan fingerprint density at radius 2 is 1.95 bits per heavy atom. The molecule has 4 nitrogen and oxygen atoms in total. The molecule has 19 heavy (non-hydrogen) atoms. The Hall–Kier alpha value is -2.33. The average Bonchev–Trinajstić information content (AvgIpc) is 3.07. The van der Waals surface area contributed by atoms with E-state index in [9.17, 15) is 4.79 Å². The molecule has 0 saturated heterocycles. The van der Waals surface area contributed by atoms with Crippen LogP contribution in [0.3, 0.4) is 0 Å². The second kappa shape index (κ2) is 4.74. The fraction of sp³-hybridized carbons (Fsp3) is 0. The molecule has 0 amide bonds. The lowest BCUT2D eigenvalue weighted by Gasteiger charge is -2.05. The minimum Gasteiger partial charge on any atom is -0.452 e. The Labute approximate surface area is 114 Å². The lowest BCUT2D eigenvalue weighted by atomic mass is 10.1. The molecule has 3 aromatic rings. The van der Waals surface area contributed by atoms with Crippen molar-refractivity contribution < 1.29 is 9.21 Å². The van der Waals surface area contributed by atoms with E-state index in [1.807, 2.05) is 30.3 Å². The first-order chi connectivity index (χ1) is 9.27. The summed E-state index contributed by atoms with van der Waals surface area (Å²) in [7, 11) is 0. The Bertz CT molecular complexity index is 716. The van der Waals surface area contributed by atoms with E-state index in [4.69, 9.17) is 16.0 Å². The van der Waals surface area contributed by atoms with Gasteiger partial charge in [0.2, 0.25) is 11.0 Å². The molecule has 0 atom stereocenters. The van der Waals surface area contributed by atoms with Crippen LogP contribution in [0.4, 0.5) is 0 Å². The first-order valence-corrected chi connectivity index (χ1v) is 6.02. The molecule has 5 heteroatoms. The summed E-state index contributed by atoms with van der Waals surface area (Å²) in [5.74, 6) is -0.222. The maximum atomic E-state index is 12.4. The van der Waals surface area contributed by atoms with Crippen molar-refractivity contribution in [3.63, 3.8) is 0 Å². The fourth-order valence-corrected chi connectivity index (χ4v) is 2.04. The van der Waals surface area contributed by atoms with Gasteiger partial charge in [0, 0.05) is 0 Å². The van der Waals surface area contributed by atoms with Crippen LogP contribution in [-0.2, 0) is 0 Å². The van der Waals surface area contributed by atoms with Gasteiger partial charge in [-0.2, -0.15) is 5.10 Å². The van der Waals surface area contributed by atoms with Gasteiger partial charge in [0.05, 0.1) is 23.7 Å². The number of benzene rings is 1. The highest BCUT2D eigenvalue weighted by molar-refractivity contribution is 6.33. The van der Waals surface area contributed by atoms with Crippen molar-refractivity contribution in [3.05, 3.63) is 71.4 Å². The predicted molar refractivity (Wildman–Crippen MR) is 70.7 cm³/mol. The van der Waals surface area contributed by atoms with Crippen molar-refractivity contribution in [2.75, 3.05) is 0 Å². The van der Waals surface area contributed by atoms with Crippen LogP contribution in [-0.4, -0.2) is 15.6 Å². The Balaban J connectivity index is 2.06. The Morgan fingerprint density at radius 1 is 1.16 bits per heavy atom. The number of carbonyl (C=O) groups is 1. The molecule has 0 bridgehead atoms. The van der Waals surface area contributed by atoms with Crippen molar-refractivity contribution in [2.24, 2.45) is 0 Å². The highest BCUT2D eigenvalue weighted by Gasteiger charge is 2.19. The van der Waals surface area contributed by atoms with Crippen molar-refractivity contribution in [2.45, 2.75) is 0 Å². The molecular weight excluding hydrogens is 264 g/mol. The number of carbonyl (C=O) groups excluding carboxylic acids is 1. The molecule has 94 valence electrons. The van der Waals surface area contributed by atoms with Gasteiger partial charge >= 0.3 is 0 Å². The van der Waals surface area contributed by atoms with E-state index in [0.717, 1.165) is 5.69 Å². The average molecular weight is 273 g/mol. The zero-order valence-corrected chi connectivity index (χ0v) is 10.5. The van der Waals surface area contributed by atoms with Crippen LogP contribution in [0.1, 0.15) is 16.1 Å². The third-order valence-electron chi connectivity index (χ3n) is 2.74. The summed E-state index contributed by atoms with van der Waals surface area (Å²) in [5.41, 5.74) is 1.59. The Kier molecular flexibility index (Phi) is 2.93. The standard InChI is InChI=1S/C14H9ClN2O2/c15-14-11(7-9-19-14)13(18)12-6-8-16-17(12)10-4-2-1-3-5-10/h1-9H. The van der Waals surface area contributed by atoms with Crippen LogP contribution in [0.5, 0.6) is 0 Å². The first-order valence-electron chi connectivity index (χ1n) is 5.64. The van der Waals surface area contributed by atoms with Crippen LogP contribution in [0.15, 0.2) is 59.3 Å². The van der Waals surface area contributed by atoms with Gasteiger partial charge in [-0.1, -0.05) is 18.2 Å². The molecule has 1 aromatic carbocycles. The number of ketones is 1. The van der Waals surface area contributed by atoms with Gasteiger partial charge in [0.25, 0.3) is 0 Å². The number of halogens is 1. The van der Waals surface area contributed by atoms with E-state index < -0.39 is 0 Å². The van der Waals surface area contributed by atoms with Gasteiger partial charge in [0.15, 0.2) is 0 Å². The van der Waals surface area contributed by atoms with Crippen LogP contribution >= 0.6 is 11.6 Å². The van der Waals surface area contributed by atoms with Crippen LogP contribution in [0, 0.1) is 0 Å². The number of rotatable bonds is 3. The Morgan fingerprint density at radius 3 is 2.63 bits per heavy atom. The van der Waals surface area contributed by atoms with Crippen molar-refractivity contribution in [1.29, 1.82) is 0 Å². The van der Waals surface area contributed by atoms with Gasteiger partial charge in [-0.3, -0.25) is 4.79 Å². The quantitative estimate of drug-likeness (QED) is 0.687. The van der Waals surface area contributed by atoms with Gasteiger partial charge in [-0.15, -0.1) is 0 Å². The summed E-state index contributed by atoms with van der Waals surface area (Å²) in [6.45, 7) is 0. The van der Waals surface area contributed by atoms with E-state index in [-0.39, 0.29) is 11.0 Å². The molecule has 2 heterocycles. The molecule has 2 aromatic heterocycles. The molecular formula is C14H9ClN2O2. The molecule has 0 unspecified atom stereocenters. The largest absolute Gasteiger partial charge is 0.452 e. The molecule has 3 rings (SSSR count). The first kappa shape index (κ1) is 11.7. The SMILES string of the molecule is O=C(c1ccoc1Cl)c1ccnn1-c1ccccc1. The molecule has 0 spiro atoms. The van der Waals surface area contributed by atoms with Gasteiger partial charge < -0.3 is 4.42 Å². The third kappa shape index (κ3) is 2.06. The second-order valence-electron chi connectivity index (χ2n) is 3.90. The van der Waals surface area contributed by atoms with Gasteiger partial charge in [0.1, 0.15) is 5.69 Å². The zero-order chi connectivity index (χ0) is 13.2. The van der Waals surface area contributed by atoms with Crippen LogP contribution in [0.2, 0.25) is 5.22 Å². The number of nitrogens with zero attached hydrogens (tertiary/aromatic N) is 2. The molecule has 0 N–H and O–H groups in total. The van der Waals surface area contributed by atoms with E-state index in [1.165, 1.54) is 6.26 Å². The minimum atomic E-state index is -0.222. The zero-order valence-electron chi connectivity index (χ0n) is 9.79. The van der Waals surface area contributed by atoms with E-state index in [0.29, 0.717) is 11.3 Å². The van der Waals surface area contributed by atoms with Crippen LogP contribution < -0.4 is 0 Å². The fourth-order valence-electron chi connectivity index (χ4n) is 1.84. The van der Waals surface area contributed by atoms with Crippen molar-refractivity contribution in [1.82, 2.24) is 9.78 Å². The summed E-state index contributed by atoms with van der Waals surface area (Å²) in [5, 5.41) is 4.26. The van der Waals surface area contributed by atoms with E-state index >= 15 is 0 Å². The summed E-state index contributed by atoms with van der Waals surface area (Å²) in [6, 6.07) is 12.6. The lowest BCUT2D eigenvalue weighted by Crippen LogP contribution is -2.09. The minimum absolute atomic E-state index is 0.0887. The number of furan rings is 1. The van der Waals surface area contributed by atoms with Gasteiger partial charge in [-0.05, 0) is 35.9 Å². The van der Waals surface area contributed by atoms with E-state index in [1.54, 1.807) is 23.0 Å². The highest BCUT2D eigenvalue weighted by Crippen LogP contribution is 2.21. The normalized spacial score (nSPS) is 10.6. The van der Waals surface area contributed by atoms with Crippen molar-refractivity contribution >= 4 is 17.4 Å². The molecule has 0 aliphatic carbocycles. The molecule has 0 aliphatic rings. The summed E-state index contributed by atoms with van der Waals surface area (Å²) in [4.78, 5) is 12.4. The summed E-state index contributed by atoms with van der Waals surface area (Å²) < 4.78 is 6.52. The molecule has 0 saturated carbocycles. The maximum absolute atomic E-state index is 12.4. The highest BCUT2D eigenvalue weighted by atomic mass is 35.5. The summed E-state index contributed by atoms with van der Waals surface area (Å²) in [6.07, 6.45) is 2.97. The number of aromatic nitrogens is 2. The van der Waals surface area contributed by atoms with Gasteiger partial charge in [-0.25, -0.2) is 4.68 Å². The lowest BCUT2D eigenvalue weighted by molar-refractivity contribution is 0.103. The smallest absolute Gasteiger partial charge is 0.216 e. The molecule has 0 radical (unpaired) electrons. The third-order valence-corrected chi connectivity index (χ3v) is 3.03. The molecule has 0 fully saturated rings. The number of hydrogen-bond acceptors (Lipinski definition) is 3. The van der Waals surface area contributed by atoms with Crippen molar-refractivity contribution in [3.8, 4) is 5.69 Å². The number of para-hydroxylation sites is 1. The monoisotopic (exact) mass is 272 g/mol. The maximum Gasteiger partial charge on any atom is 0.216 e. The van der Waals surface area contributed by atoms with E-state index in [2.05, 4.69) is 5.10 Å².